The van der Waals surface area contributed by atoms with Crippen molar-refractivity contribution in [2.75, 3.05) is 7.11 Å². The molecule has 0 spiro atoms. The van der Waals surface area contributed by atoms with Crippen LogP contribution in [0, 0.1) is 17.8 Å². The maximum Gasteiger partial charge on any atom is 0.330 e. The zero-order valence-electron chi connectivity index (χ0n) is 18.4. The van der Waals surface area contributed by atoms with Gasteiger partial charge in [0.05, 0.1) is 6.10 Å². The van der Waals surface area contributed by atoms with E-state index in [9.17, 15) is 9.59 Å². The molecule has 5 heteroatoms. The third-order valence-electron chi connectivity index (χ3n) is 5.15. The summed E-state index contributed by atoms with van der Waals surface area (Å²) in [5, 5.41) is 0. The molecule has 0 heterocycles. The van der Waals surface area contributed by atoms with E-state index in [1.54, 1.807) is 13.2 Å². The Labute approximate surface area is 170 Å². The molecule has 0 bridgehead atoms. The molecule has 0 saturated carbocycles. The van der Waals surface area contributed by atoms with Crippen LogP contribution in [0.25, 0.3) is 0 Å². The molecule has 0 aromatic carbocycles. The Kier molecular flexibility index (Phi) is 13.2. The highest BCUT2D eigenvalue weighted by molar-refractivity contribution is 5.81. The van der Waals surface area contributed by atoms with Gasteiger partial charge in [0.2, 0.25) is 0 Å². The van der Waals surface area contributed by atoms with Gasteiger partial charge in [0.1, 0.15) is 12.2 Å². The van der Waals surface area contributed by atoms with Gasteiger partial charge < -0.3 is 14.2 Å². The van der Waals surface area contributed by atoms with Gasteiger partial charge in [-0.15, -0.1) is 6.58 Å². The van der Waals surface area contributed by atoms with Gasteiger partial charge in [0.15, 0.2) is 0 Å². The van der Waals surface area contributed by atoms with E-state index < -0.39 is 18.2 Å². The Balaban J connectivity index is 5.62. The highest BCUT2D eigenvalue weighted by atomic mass is 16.6. The van der Waals surface area contributed by atoms with E-state index in [1.807, 2.05) is 26.8 Å². The van der Waals surface area contributed by atoms with Crippen LogP contribution in [0.4, 0.5) is 0 Å². The number of carbonyl (C=O) groups is 2. The minimum atomic E-state index is -0.496. The number of allylic oxidation sites excluding steroid dienone is 2. The first-order valence-corrected chi connectivity index (χ1v) is 10.0. The Bertz CT molecular complexity index is 525. The monoisotopic (exact) mass is 394 g/mol. The van der Waals surface area contributed by atoms with E-state index in [-0.39, 0.29) is 29.8 Å². The number of ether oxygens (including phenoxy) is 3. The normalized spacial score (nSPS) is 17.8. The average molecular weight is 395 g/mol. The molecule has 0 fully saturated rings. The van der Waals surface area contributed by atoms with Gasteiger partial charge in [0.25, 0.3) is 0 Å². The molecule has 0 aromatic rings. The number of hydrogen-bond donors (Lipinski definition) is 0. The SMILES string of the molecule is C=CC(=O)O[C@H](C[C@@H](OC(C)=O)[C@H](C)[C@H](OC)[C@@H](C)C/C=C/C)[C@H](C=C)CC. The molecular weight excluding hydrogens is 356 g/mol. The Morgan fingerprint density at radius 2 is 1.75 bits per heavy atom. The predicted octanol–water partition coefficient (Wildman–Crippen LogP) is 4.87. The minimum Gasteiger partial charge on any atom is -0.462 e. The van der Waals surface area contributed by atoms with Gasteiger partial charge in [-0.3, -0.25) is 4.79 Å². The molecule has 0 radical (unpaired) electrons. The van der Waals surface area contributed by atoms with Crippen LogP contribution in [0.15, 0.2) is 37.5 Å². The van der Waals surface area contributed by atoms with Crippen molar-refractivity contribution >= 4 is 11.9 Å². The molecule has 5 nitrogen and oxygen atoms in total. The van der Waals surface area contributed by atoms with E-state index in [0.717, 1.165) is 18.9 Å². The lowest BCUT2D eigenvalue weighted by Gasteiger charge is -2.35. The molecule has 0 amide bonds. The molecule has 0 N–H and O–H groups in total. The molecular formula is C23H38O5. The third kappa shape index (κ3) is 8.87. The van der Waals surface area contributed by atoms with Crippen LogP contribution in [0.5, 0.6) is 0 Å². The zero-order valence-corrected chi connectivity index (χ0v) is 18.4. The standard InChI is InChI=1S/C23H38O5/c1-9-13-14-16(5)23(26-8)17(6)20(27-18(7)24)15-21(19(10-2)11-3)28-22(25)12-4/h9-10,12-13,16-17,19-21,23H,2,4,11,14-15H2,1,3,5-8H3/b13-9+/t16-,17-,19+,20+,21+,23+/m0/s1. The molecule has 0 unspecified atom stereocenters. The summed E-state index contributed by atoms with van der Waals surface area (Å²) in [4.78, 5) is 23.6. The van der Waals surface area contributed by atoms with E-state index in [1.165, 1.54) is 6.92 Å². The summed E-state index contributed by atoms with van der Waals surface area (Å²) in [6.07, 6.45) is 8.01. The van der Waals surface area contributed by atoms with Crippen LogP contribution in [-0.2, 0) is 23.8 Å². The van der Waals surface area contributed by atoms with Gasteiger partial charge in [-0.25, -0.2) is 4.79 Å². The number of rotatable bonds is 14. The van der Waals surface area contributed by atoms with Gasteiger partial charge in [-0.05, 0) is 25.7 Å². The molecule has 28 heavy (non-hydrogen) atoms. The largest absolute Gasteiger partial charge is 0.462 e. The molecule has 0 aliphatic heterocycles. The quantitative estimate of drug-likeness (QED) is 0.239. The summed E-state index contributed by atoms with van der Waals surface area (Å²) in [7, 11) is 1.67. The fraction of sp³-hybridized carbons (Fsp3) is 0.652. The van der Waals surface area contributed by atoms with Crippen LogP contribution < -0.4 is 0 Å². The summed E-state index contributed by atoms with van der Waals surface area (Å²) in [5.74, 6) is -0.751. The lowest BCUT2D eigenvalue weighted by atomic mass is 9.83. The van der Waals surface area contributed by atoms with Crippen LogP contribution in [0.3, 0.4) is 0 Å². The summed E-state index contributed by atoms with van der Waals surface area (Å²) in [5.41, 5.74) is 0. The number of carbonyl (C=O) groups excluding carboxylic acids is 2. The van der Waals surface area contributed by atoms with Crippen molar-refractivity contribution in [3.63, 3.8) is 0 Å². The van der Waals surface area contributed by atoms with Crippen molar-refractivity contribution in [3.05, 3.63) is 37.5 Å². The third-order valence-corrected chi connectivity index (χ3v) is 5.15. The predicted molar refractivity (Wildman–Crippen MR) is 113 cm³/mol. The molecule has 6 atom stereocenters. The lowest BCUT2D eigenvalue weighted by Crippen LogP contribution is -2.41. The number of hydrogen-bond acceptors (Lipinski definition) is 5. The molecule has 0 aromatic heterocycles. The second kappa shape index (κ2) is 14.2. The minimum absolute atomic E-state index is 0.0457. The summed E-state index contributed by atoms with van der Waals surface area (Å²) in [6, 6.07) is 0. The van der Waals surface area contributed by atoms with Crippen molar-refractivity contribution < 1.29 is 23.8 Å². The Morgan fingerprint density at radius 1 is 1.11 bits per heavy atom. The average Bonchev–Trinajstić information content (AvgIpc) is 2.66. The van der Waals surface area contributed by atoms with Gasteiger partial charge >= 0.3 is 11.9 Å². The zero-order chi connectivity index (χ0) is 21.7. The van der Waals surface area contributed by atoms with E-state index in [2.05, 4.69) is 26.2 Å². The van der Waals surface area contributed by atoms with Crippen molar-refractivity contribution in [3.8, 4) is 0 Å². The maximum absolute atomic E-state index is 11.8. The number of methoxy groups -OCH3 is 1. The van der Waals surface area contributed by atoms with Crippen LogP contribution in [0.2, 0.25) is 0 Å². The van der Waals surface area contributed by atoms with Crippen LogP contribution in [-0.4, -0.2) is 37.4 Å². The second-order valence-corrected chi connectivity index (χ2v) is 7.21. The van der Waals surface area contributed by atoms with E-state index in [4.69, 9.17) is 14.2 Å². The highest BCUT2D eigenvalue weighted by Gasteiger charge is 2.35. The first-order chi connectivity index (χ1) is 13.2. The second-order valence-electron chi connectivity index (χ2n) is 7.21. The maximum atomic E-state index is 11.8. The fourth-order valence-electron chi connectivity index (χ4n) is 3.56. The molecule has 0 aliphatic carbocycles. The first kappa shape index (κ1) is 26.1. The van der Waals surface area contributed by atoms with Gasteiger partial charge in [-0.2, -0.15) is 0 Å². The molecule has 160 valence electrons. The van der Waals surface area contributed by atoms with E-state index >= 15 is 0 Å². The smallest absolute Gasteiger partial charge is 0.330 e. The van der Waals surface area contributed by atoms with Crippen molar-refractivity contribution in [2.24, 2.45) is 17.8 Å². The summed E-state index contributed by atoms with van der Waals surface area (Å²) in [6.45, 7) is 16.8. The fourth-order valence-corrected chi connectivity index (χ4v) is 3.56. The van der Waals surface area contributed by atoms with Crippen molar-refractivity contribution in [1.29, 1.82) is 0 Å². The highest BCUT2D eigenvalue weighted by Crippen LogP contribution is 2.29. The molecule has 0 aliphatic rings. The number of esters is 2. The summed E-state index contributed by atoms with van der Waals surface area (Å²) >= 11 is 0. The molecule has 0 saturated heterocycles. The van der Waals surface area contributed by atoms with Crippen LogP contribution >= 0.6 is 0 Å². The summed E-state index contributed by atoms with van der Waals surface area (Å²) < 4.78 is 17.0. The Morgan fingerprint density at radius 3 is 2.18 bits per heavy atom. The first-order valence-electron chi connectivity index (χ1n) is 10.0. The molecule has 0 rings (SSSR count). The van der Waals surface area contributed by atoms with Gasteiger partial charge in [-0.1, -0.05) is 45.6 Å². The lowest BCUT2D eigenvalue weighted by molar-refractivity contribution is -0.159. The van der Waals surface area contributed by atoms with Crippen molar-refractivity contribution in [2.45, 2.75) is 72.2 Å². The van der Waals surface area contributed by atoms with Crippen molar-refractivity contribution in [1.82, 2.24) is 0 Å². The van der Waals surface area contributed by atoms with Gasteiger partial charge in [0, 0.05) is 38.4 Å². The van der Waals surface area contributed by atoms with Crippen LogP contribution in [0.1, 0.15) is 53.9 Å². The van der Waals surface area contributed by atoms with E-state index in [0.29, 0.717) is 6.42 Å². The topological polar surface area (TPSA) is 61.8 Å². The Hall–Kier alpha value is -1.88.